The van der Waals surface area contributed by atoms with Crippen LogP contribution in [0.4, 0.5) is 0 Å². The molecular formula is C13H12N2O2. The maximum absolute atomic E-state index is 10.7. The summed E-state index contributed by atoms with van der Waals surface area (Å²) in [6, 6.07) is 11.4. The van der Waals surface area contributed by atoms with E-state index in [1.54, 1.807) is 0 Å². The summed E-state index contributed by atoms with van der Waals surface area (Å²) in [5, 5.41) is 8.80. The van der Waals surface area contributed by atoms with Crippen molar-refractivity contribution >= 4 is 5.97 Å². The Kier molecular flexibility index (Phi) is 3.45. The third kappa shape index (κ3) is 3.11. The number of nitrogens with zero attached hydrogens (tertiary/aromatic N) is 2. The molecule has 0 saturated carbocycles. The Morgan fingerprint density at radius 2 is 1.88 bits per heavy atom. The SMILES string of the molecule is O=C(O)c1ccnc(CCc2ccccc2)n1. The lowest BCUT2D eigenvalue weighted by atomic mass is 10.1. The van der Waals surface area contributed by atoms with Gasteiger partial charge in [-0.25, -0.2) is 14.8 Å². The van der Waals surface area contributed by atoms with Crippen molar-refractivity contribution in [3.8, 4) is 0 Å². The van der Waals surface area contributed by atoms with Gasteiger partial charge in [0.05, 0.1) is 0 Å². The first-order valence-corrected chi connectivity index (χ1v) is 5.35. The summed E-state index contributed by atoms with van der Waals surface area (Å²) in [4.78, 5) is 18.8. The van der Waals surface area contributed by atoms with Gasteiger partial charge in [-0.1, -0.05) is 30.3 Å². The Morgan fingerprint density at radius 3 is 2.59 bits per heavy atom. The van der Waals surface area contributed by atoms with Crippen molar-refractivity contribution in [3.05, 3.63) is 59.7 Å². The minimum Gasteiger partial charge on any atom is -0.477 e. The molecule has 0 radical (unpaired) electrons. The molecule has 2 aromatic rings. The summed E-state index contributed by atoms with van der Waals surface area (Å²) in [6.07, 6.45) is 2.94. The highest BCUT2D eigenvalue weighted by molar-refractivity contribution is 5.85. The molecule has 2 rings (SSSR count). The lowest BCUT2D eigenvalue weighted by Gasteiger charge is -2.01. The molecule has 0 bridgehead atoms. The summed E-state index contributed by atoms with van der Waals surface area (Å²) >= 11 is 0. The van der Waals surface area contributed by atoms with Gasteiger partial charge in [-0.15, -0.1) is 0 Å². The number of aromatic nitrogens is 2. The van der Waals surface area contributed by atoms with Gasteiger partial charge < -0.3 is 5.11 Å². The van der Waals surface area contributed by atoms with E-state index in [2.05, 4.69) is 9.97 Å². The molecule has 4 nitrogen and oxygen atoms in total. The zero-order chi connectivity index (χ0) is 12.1. The molecule has 4 heteroatoms. The average Bonchev–Trinajstić information content (AvgIpc) is 2.38. The third-order valence-corrected chi connectivity index (χ3v) is 2.40. The van der Waals surface area contributed by atoms with Gasteiger partial charge in [0.2, 0.25) is 0 Å². The third-order valence-electron chi connectivity index (χ3n) is 2.40. The molecule has 1 N–H and O–H groups in total. The quantitative estimate of drug-likeness (QED) is 0.868. The maximum atomic E-state index is 10.7. The zero-order valence-corrected chi connectivity index (χ0v) is 9.21. The van der Waals surface area contributed by atoms with E-state index in [0.29, 0.717) is 12.2 Å². The van der Waals surface area contributed by atoms with Crippen LogP contribution in [-0.4, -0.2) is 21.0 Å². The second-order valence-corrected chi connectivity index (χ2v) is 3.65. The van der Waals surface area contributed by atoms with E-state index >= 15 is 0 Å². The fraction of sp³-hybridized carbons (Fsp3) is 0.154. The molecule has 0 amide bonds. The maximum Gasteiger partial charge on any atom is 0.354 e. The van der Waals surface area contributed by atoms with Gasteiger partial charge in [0, 0.05) is 12.6 Å². The Balaban J connectivity index is 2.04. The first kappa shape index (κ1) is 11.3. The molecule has 0 aliphatic rings. The van der Waals surface area contributed by atoms with Crippen molar-refractivity contribution in [3.63, 3.8) is 0 Å². The highest BCUT2D eigenvalue weighted by Gasteiger charge is 2.06. The second-order valence-electron chi connectivity index (χ2n) is 3.65. The van der Waals surface area contributed by atoms with E-state index < -0.39 is 5.97 Å². The molecule has 0 aliphatic heterocycles. The smallest absolute Gasteiger partial charge is 0.354 e. The van der Waals surface area contributed by atoms with Crippen LogP contribution in [0.1, 0.15) is 21.9 Å². The summed E-state index contributed by atoms with van der Waals surface area (Å²) in [5.41, 5.74) is 1.24. The highest BCUT2D eigenvalue weighted by Crippen LogP contribution is 2.04. The predicted octanol–water partition coefficient (Wildman–Crippen LogP) is 1.96. The Hall–Kier alpha value is -2.23. The highest BCUT2D eigenvalue weighted by atomic mass is 16.4. The fourth-order valence-corrected chi connectivity index (χ4v) is 1.54. The van der Waals surface area contributed by atoms with Crippen LogP contribution in [0, 0.1) is 0 Å². The molecule has 86 valence electrons. The fourth-order valence-electron chi connectivity index (χ4n) is 1.54. The van der Waals surface area contributed by atoms with Crippen LogP contribution < -0.4 is 0 Å². The number of benzene rings is 1. The van der Waals surface area contributed by atoms with E-state index in [1.807, 2.05) is 30.3 Å². The molecule has 0 saturated heterocycles. The molecule has 1 aromatic heterocycles. The van der Waals surface area contributed by atoms with Crippen LogP contribution in [0.5, 0.6) is 0 Å². The molecule has 1 aromatic carbocycles. The second kappa shape index (κ2) is 5.21. The van der Waals surface area contributed by atoms with Crippen molar-refractivity contribution in [2.24, 2.45) is 0 Å². The van der Waals surface area contributed by atoms with E-state index in [4.69, 9.17) is 5.11 Å². The standard InChI is InChI=1S/C13H12N2O2/c16-13(17)11-8-9-14-12(15-11)7-6-10-4-2-1-3-5-10/h1-5,8-9H,6-7H2,(H,16,17). The molecule has 0 aliphatic carbocycles. The number of carboxylic acid groups (broad SMARTS) is 1. The monoisotopic (exact) mass is 228 g/mol. The van der Waals surface area contributed by atoms with Crippen LogP contribution >= 0.6 is 0 Å². The summed E-state index contributed by atoms with van der Waals surface area (Å²) in [7, 11) is 0. The van der Waals surface area contributed by atoms with E-state index in [-0.39, 0.29) is 5.69 Å². The molecule has 0 unspecified atom stereocenters. The van der Waals surface area contributed by atoms with Crippen molar-refractivity contribution in [2.75, 3.05) is 0 Å². The van der Waals surface area contributed by atoms with Gasteiger partial charge in [-0.3, -0.25) is 0 Å². The Labute approximate surface area is 99.0 Å². The molecule has 1 heterocycles. The minimum absolute atomic E-state index is 0.0445. The number of aryl methyl sites for hydroxylation is 2. The molecule has 0 atom stereocenters. The average molecular weight is 228 g/mol. The van der Waals surface area contributed by atoms with Gasteiger partial charge in [-0.05, 0) is 18.1 Å². The molecule has 17 heavy (non-hydrogen) atoms. The van der Waals surface area contributed by atoms with E-state index in [9.17, 15) is 4.79 Å². The topological polar surface area (TPSA) is 63.1 Å². The number of hydrogen-bond acceptors (Lipinski definition) is 3. The minimum atomic E-state index is -1.02. The number of carboxylic acids is 1. The molecule has 0 spiro atoms. The lowest BCUT2D eigenvalue weighted by Crippen LogP contribution is -2.05. The first-order valence-electron chi connectivity index (χ1n) is 5.35. The van der Waals surface area contributed by atoms with E-state index in [0.717, 1.165) is 6.42 Å². The van der Waals surface area contributed by atoms with Crippen molar-refractivity contribution in [1.82, 2.24) is 9.97 Å². The van der Waals surface area contributed by atoms with Crippen LogP contribution in [0.15, 0.2) is 42.6 Å². The van der Waals surface area contributed by atoms with Gasteiger partial charge in [0.15, 0.2) is 5.69 Å². The number of carbonyl (C=O) groups is 1. The number of aromatic carboxylic acids is 1. The van der Waals surface area contributed by atoms with Crippen molar-refractivity contribution < 1.29 is 9.90 Å². The van der Waals surface area contributed by atoms with Crippen LogP contribution in [0.2, 0.25) is 0 Å². The first-order chi connectivity index (χ1) is 8.25. The Morgan fingerprint density at radius 1 is 1.12 bits per heavy atom. The lowest BCUT2D eigenvalue weighted by molar-refractivity contribution is 0.0690. The summed E-state index contributed by atoms with van der Waals surface area (Å²) in [6.45, 7) is 0. The Bertz CT molecular complexity index is 512. The zero-order valence-electron chi connectivity index (χ0n) is 9.21. The van der Waals surface area contributed by atoms with Gasteiger partial charge in [0.25, 0.3) is 0 Å². The normalized spacial score (nSPS) is 10.1. The predicted molar refractivity (Wildman–Crippen MR) is 62.8 cm³/mol. The summed E-state index contributed by atoms with van der Waals surface area (Å²) in [5.74, 6) is -0.456. The summed E-state index contributed by atoms with van der Waals surface area (Å²) < 4.78 is 0. The van der Waals surface area contributed by atoms with Gasteiger partial charge >= 0.3 is 5.97 Å². The van der Waals surface area contributed by atoms with Crippen LogP contribution in [-0.2, 0) is 12.8 Å². The van der Waals surface area contributed by atoms with Crippen LogP contribution in [0.25, 0.3) is 0 Å². The van der Waals surface area contributed by atoms with E-state index in [1.165, 1.54) is 17.8 Å². The molecule has 0 fully saturated rings. The molecular weight excluding hydrogens is 216 g/mol. The number of rotatable bonds is 4. The van der Waals surface area contributed by atoms with Gasteiger partial charge in [0.1, 0.15) is 5.82 Å². The number of hydrogen-bond donors (Lipinski definition) is 1. The largest absolute Gasteiger partial charge is 0.477 e. The van der Waals surface area contributed by atoms with Crippen LogP contribution in [0.3, 0.4) is 0 Å². The van der Waals surface area contributed by atoms with Crippen molar-refractivity contribution in [1.29, 1.82) is 0 Å². The van der Waals surface area contributed by atoms with Crippen molar-refractivity contribution in [2.45, 2.75) is 12.8 Å². The van der Waals surface area contributed by atoms with Gasteiger partial charge in [-0.2, -0.15) is 0 Å².